The van der Waals surface area contributed by atoms with Crippen LogP contribution in [-0.2, 0) is 11.0 Å². The number of hydrogen-bond acceptors (Lipinski definition) is 2. The maximum absolute atomic E-state index is 12.4. The second-order valence-electron chi connectivity index (χ2n) is 4.61. The molecule has 0 saturated heterocycles. The zero-order valence-corrected chi connectivity index (χ0v) is 10.9. The van der Waals surface area contributed by atoms with Crippen LogP contribution >= 0.6 is 0 Å². The largest absolute Gasteiger partial charge is 0.480 e. The van der Waals surface area contributed by atoms with Gasteiger partial charge in [-0.25, -0.2) is 4.79 Å². The molecule has 0 aliphatic rings. The molecule has 0 bridgehead atoms. The second-order valence-corrected chi connectivity index (χ2v) is 4.61. The van der Waals surface area contributed by atoms with E-state index in [1.54, 1.807) is 13.8 Å². The smallest absolute Gasteiger partial charge is 0.416 e. The van der Waals surface area contributed by atoms with Crippen LogP contribution in [0.5, 0.6) is 0 Å². The van der Waals surface area contributed by atoms with Crippen molar-refractivity contribution in [3.8, 4) is 0 Å². The van der Waals surface area contributed by atoms with E-state index in [1.165, 1.54) is 0 Å². The number of aliphatic carboxylic acids is 1. The Balaban J connectivity index is 2.85. The predicted octanol–water partition coefficient (Wildman–Crippen LogP) is 2.54. The summed E-state index contributed by atoms with van der Waals surface area (Å²) >= 11 is 0. The first-order valence-electron chi connectivity index (χ1n) is 5.84. The number of halogens is 3. The minimum absolute atomic E-state index is 0.0232. The third kappa shape index (κ3) is 3.97. The highest BCUT2D eigenvalue weighted by Gasteiger charge is 2.30. The molecule has 1 amide bonds. The quantitative estimate of drug-likeness (QED) is 0.895. The summed E-state index contributed by atoms with van der Waals surface area (Å²) in [5, 5.41) is 11.2. The van der Waals surface area contributed by atoms with Gasteiger partial charge in [0.05, 0.1) is 5.56 Å². The average Bonchev–Trinajstić information content (AvgIpc) is 2.34. The second kappa shape index (κ2) is 5.94. The molecule has 1 rings (SSSR count). The van der Waals surface area contributed by atoms with E-state index in [4.69, 9.17) is 5.11 Å². The number of nitrogens with one attached hydrogen (secondary N) is 1. The summed E-state index contributed by atoms with van der Waals surface area (Å²) in [6.45, 7) is 3.23. The number of hydrogen-bond donors (Lipinski definition) is 2. The van der Waals surface area contributed by atoms with Crippen molar-refractivity contribution in [3.63, 3.8) is 0 Å². The van der Waals surface area contributed by atoms with E-state index in [2.05, 4.69) is 5.32 Å². The lowest BCUT2D eigenvalue weighted by molar-refractivity contribution is -0.140. The topological polar surface area (TPSA) is 66.4 Å². The summed E-state index contributed by atoms with van der Waals surface area (Å²) in [5.74, 6) is -2.26. The van der Waals surface area contributed by atoms with E-state index < -0.39 is 29.7 Å². The van der Waals surface area contributed by atoms with Gasteiger partial charge in [-0.1, -0.05) is 13.8 Å². The molecule has 110 valence electrons. The molecule has 4 nitrogen and oxygen atoms in total. The first kappa shape index (κ1) is 16.0. The van der Waals surface area contributed by atoms with Gasteiger partial charge in [0.15, 0.2) is 0 Å². The Hall–Kier alpha value is -2.05. The van der Waals surface area contributed by atoms with Crippen molar-refractivity contribution in [1.82, 2.24) is 5.32 Å². The molecule has 0 aliphatic heterocycles. The van der Waals surface area contributed by atoms with Crippen molar-refractivity contribution in [2.75, 3.05) is 0 Å². The van der Waals surface area contributed by atoms with Gasteiger partial charge < -0.3 is 10.4 Å². The predicted molar refractivity (Wildman–Crippen MR) is 65.2 cm³/mol. The highest BCUT2D eigenvalue weighted by molar-refractivity contribution is 5.96. The Morgan fingerprint density at radius 1 is 1.15 bits per heavy atom. The number of carbonyl (C=O) groups excluding carboxylic acids is 1. The average molecular weight is 289 g/mol. The van der Waals surface area contributed by atoms with Crippen molar-refractivity contribution in [3.05, 3.63) is 35.4 Å². The van der Waals surface area contributed by atoms with E-state index >= 15 is 0 Å². The van der Waals surface area contributed by atoms with Gasteiger partial charge in [-0.15, -0.1) is 0 Å². The third-order valence-corrected chi connectivity index (χ3v) is 2.69. The molecular formula is C13H14F3NO3. The monoisotopic (exact) mass is 289 g/mol. The van der Waals surface area contributed by atoms with Gasteiger partial charge in [-0.2, -0.15) is 13.2 Å². The molecule has 0 fully saturated rings. The Kier molecular flexibility index (Phi) is 4.75. The fraction of sp³-hybridized carbons (Fsp3) is 0.385. The van der Waals surface area contributed by atoms with Crippen molar-refractivity contribution < 1.29 is 27.9 Å². The lowest BCUT2D eigenvalue weighted by atomic mass is 10.0. The van der Waals surface area contributed by atoms with E-state index in [1.807, 2.05) is 0 Å². The SMILES string of the molecule is CC(C)[C@@H](NC(=O)c1ccc(C(F)(F)F)cc1)C(=O)O. The summed E-state index contributed by atoms with van der Waals surface area (Å²) in [5.41, 5.74) is -0.891. The molecular weight excluding hydrogens is 275 g/mol. The molecule has 0 saturated carbocycles. The van der Waals surface area contributed by atoms with E-state index in [-0.39, 0.29) is 11.5 Å². The van der Waals surface area contributed by atoms with Gasteiger partial charge in [0.25, 0.3) is 5.91 Å². The Bertz CT molecular complexity index is 495. The molecule has 1 aromatic carbocycles. The van der Waals surface area contributed by atoms with Crippen LogP contribution in [0.15, 0.2) is 24.3 Å². The van der Waals surface area contributed by atoms with Crippen molar-refractivity contribution in [2.24, 2.45) is 5.92 Å². The molecule has 0 radical (unpaired) electrons. The summed E-state index contributed by atoms with van der Waals surface area (Å²) in [4.78, 5) is 22.7. The van der Waals surface area contributed by atoms with Crippen molar-refractivity contribution in [2.45, 2.75) is 26.1 Å². The molecule has 0 spiro atoms. The Morgan fingerprint density at radius 3 is 2.00 bits per heavy atom. The fourth-order valence-electron chi connectivity index (χ4n) is 1.55. The van der Waals surface area contributed by atoms with Gasteiger partial charge in [-0.05, 0) is 30.2 Å². The lowest BCUT2D eigenvalue weighted by Gasteiger charge is -2.18. The first-order chi connectivity index (χ1) is 9.12. The minimum Gasteiger partial charge on any atom is -0.480 e. The van der Waals surface area contributed by atoms with Crippen LogP contribution in [0.25, 0.3) is 0 Å². The molecule has 1 atom stereocenters. The van der Waals surface area contributed by atoms with Crippen LogP contribution in [0.3, 0.4) is 0 Å². The minimum atomic E-state index is -4.48. The number of carboxylic acids is 1. The molecule has 0 heterocycles. The molecule has 0 aliphatic carbocycles. The van der Waals surface area contributed by atoms with Crippen LogP contribution in [0.1, 0.15) is 29.8 Å². The molecule has 1 aromatic rings. The molecule has 0 aromatic heterocycles. The van der Waals surface area contributed by atoms with E-state index in [9.17, 15) is 22.8 Å². The maximum Gasteiger partial charge on any atom is 0.416 e. The molecule has 2 N–H and O–H groups in total. The number of carboxylic acid groups (broad SMARTS) is 1. The zero-order valence-electron chi connectivity index (χ0n) is 10.9. The normalized spacial score (nSPS) is 13.1. The molecule has 20 heavy (non-hydrogen) atoms. The van der Waals surface area contributed by atoms with Gasteiger partial charge in [0.1, 0.15) is 6.04 Å². The van der Waals surface area contributed by atoms with Crippen molar-refractivity contribution in [1.29, 1.82) is 0 Å². The highest BCUT2D eigenvalue weighted by atomic mass is 19.4. The van der Waals surface area contributed by atoms with Crippen LogP contribution in [0.2, 0.25) is 0 Å². The number of rotatable bonds is 4. The summed E-state index contributed by atoms with van der Waals surface area (Å²) in [7, 11) is 0. The standard InChI is InChI=1S/C13H14F3NO3/c1-7(2)10(12(19)20)17-11(18)8-3-5-9(6-4-8)13(14,15)16/h3-7,10H,1-2H3,(H,17,18)(H,19,20)/t10-/m1/s1. The van der Waals surface area contributed by atoms with Gasteiger partial charge in [0, 0.05) is 5.56 Å². The Morgan fingerprint density at radius 2 is 1.65 bits per heavy atom. The number of benzene rings is 1. The summed E-state index contributed by atoms with van der Waals surface area (Å²) in [6, 6.07) is 2.49. The third-order valence-electron chi connectivity index (χ3n) is 2.69. The molecule has 7 heteroatoms. The zero-order chi connectivity index (χ0) is 15.5. The van der Waals surface area contributed by atoms with Crippen molar-refractivity contribution >= 4 is 11.9 Å². The lowest BCUT2D eigenvalue weighted by Crippen LogP contribution is -2.44. The van der Waals surface area contributed by atoms with Crippen LogP contribution in [-0.4, -0.2) is 23.0 Å². The van der Waals surface area contributed by atoms with Gasteiger partial charge >= 0.3 is 12.1 Å². The number of carbonyl (C=O) groups is 2. The van der Waals surface area contributed by atoms with E-state index in [0.717, 1.165) is 24.3 Å². The highest BCUT2D eigenvalue weighted by Crippen LogP contribution is 2.29. The fourth-order valence-corrected chi connectivity index (χ4v) is 1.55. The number of alkyl halides is 3. The van der Waals surface area contributed by atoms with Gasteiger partial charge in [0.2, 0.25) is 0 Å². The van der Waals surface area contributed by atoms with Crippen LogP contribution in [0, 0.1) is 5.92 Å². The maximum atomic E-state index is 12.4. The van der Waals surface area contributed by atoms with Crippen LogP contribution < -0.4 is 5.32 Å². The number of amides is 1. The first-order valence-corrected chi connectivity index (χ1v) is 5.84. The Labute approximate surface area is 113 Å². The summed E-state index contributed by atoms with van der Waals surface area (Å²) in [6.07, 6.45) is -4.48. The molecule has 0 unspecified atom stereocenters. The van der Waals surface area contributed by atoms with E-state index in [0.29, 0.717) is 0 Å². The van der Waals surface area contributed by atoms with Gasteiger partial charge in [-0.3, -0.25) is 4.79 Å². The summed E-state index contributed by atoms with van der Waals surface area (Å²) < 4.78 is 37.1. The van der Waals surface area contributed by atoms with Crippen LogP contribution in [0.4, 0.5) is 13.2 Å².